The minimum Gasteiger partial charge on any atom is -0.489 e. The highest BCUT2D eigenvalue weighted by molar-refractivity contribution is 6.30. The molecule has 0 aliphatic carbocycles. The fraction of sp³-hybridized carbons (Fsp3) is 0.217. The van der Waals surface area contributed by atoms with Gasteiger partial charge in [-0.05, 0) is 47.4 Å². The minimum absolute atomic E-state index is 0.295. The molecule has 0 N–H and O–H groups in total. The van der Waals surface area contributed by atoms with Gasteiger partial charge in [-0.15, -0.1) is 0 Å². The van der Waals surface area contributed by atoms with Crippen LogP contribution in [0.1, 0.15) is 29.2 Å². The smallest absolute Gasteiger partial charge is 0.120 e. The Morgan fingerprint density at radius 2 is 1.58 bits per heavy atom. The number of hydrogen-bond donors (Lipinski definition) is 0. The summed E-state index contributed by atoms with van der Waals surface area (Å²) in [5.41, 5.74) is 3.73. The summed E-state index contributed by atoms with van der Waals surface area (Å²) in [4.78, 5) is 2.52. The van der Waals surface area contributed by atoms with Gasteiger partial charge in [0.25, 0.3) is 0 Å². The molecule has 0 amide bonds. The van der Waals surface area contributed by atoms with Crippen molar-refractivity contribution in [3.05, 3.63) is 101 Å². The second-order valence-corrected chi connectivity index (χ2v) is 7.13. The van der Waals surface area contributed by atoms with E-state index >= 15 is 0 Å². The molecule has 1 heterocycles. The third-order valence-electron chi connectivity index (χ3n) is 4.86. The molecule has 2 nitrogen and oxygen atoms in total. The molecule has 0 spiro atoms. The molecule has 3 heteroatoms. The lowest BCUT2D eigenvalue weighted by Crippen LogP contribution is -2.40. The van der Waals surface area contributed by atoms with Crippen LogP contribution in [0.25, 0.3) is 0 Å². The van der Waals surface area contributed by atoms with Gasteiger partial charge in [0.15, 0.2) is 0 Å². The Morgan fingerprint density at radius 1 is 0.846 bits per heavy atom. The van der Waals surface area contributed by atoms with Crippen LogP contribution >= 0.6 is 11.6 Å². The Balaban J connectivity index is 1.54. The number of likely N-dealkylation sites (tertiary alicyclic amines) is 1. The molecule has 3 aromatic rings. The molecule has 0 aromatic heterocycles. The van der Waals surface area contributed by atoms with E-state index in [9.17, 15) is 0 Å². The van der Waals surface area contributed by atoms with Crippen molar-refractivity contribution in [2.75, 3.05) is 13.1 Å². The summed E-state index contributed by atoms with van der Waals surface area (Å²) in [6.45, 7) is 2.84. The quantitative estimate of drug-likeness (QED) is 0.555. The van der Waals surface area contributed by atoms with E-state index in [1.165, 1.54) is 17.5 Å². The van der Waals surface area contributed by atoms with E-state index in [0.29, 0.717) is 12.6 Å². The molecule has 0 radical (unpaired) electrons. The number of halogens is 1. The number of benzene rings is 3. The Labute approximate surface area is 160 Å². The van der Waals surface area contributed by atoms with E-state index in [-0.39, 0.29) is 0 Å². The first-order chi connectivity index (χ1) is 12.8. The summed E-state index contributed by atoms with van der Waals surface area (Å²) in [5, 5.41) is 0.746. The zero-order chi connectivity index (χ0) is 17.8. The summed E-state index contributed by atoms with van der Waals surface area (Å²) < 4.78 is 6.03. The van der Waals surface area contributed by atoms with Crippen LogP contribution in [-0.4, -0.2) is 18.0 Å². The number of hydrogen-bond acceptors (Lipinski definition) is 2. The van der Waals surface area contributed by atoms with Crippen LogP contribution < -0.4 is 4.74 Å². The molecule has 4 rings (SSSR count). The third kappa shape index (κ3) is 3.92. The Bertz CT molecular complexity index is 844. The molecule has 1 aliphatic rings. The first-order valence-electron chi connectivity index (χ1n) is 9.06. The zero-order valence-corrected chi connectivity index (χ0v) is 15.4. The maximum absolute atomic E-state index is 6.03. The van der Waals surface area contributed by atoms with Crippen molar-refractivity contribution in [3.63, 3.8) is 0 Å². The monoisotopic (exact) mass is 363 g/mol. The second kappa shape index (κ2) is 7.94. The van der Waals surface area contributed by atoms with Crippen molar-refractivity contribution < 1.29 is 4.74 Å². The first-order valence-corrected chi connectivity index (χ1v) is 9.43. The summed E-state index contributed by atoms with van der Waals surface area (Å²) in [7, 11) is 0. The van der Waals surface area contributed by atoms with E-state index in [4.69, 9.17) is 16.3 Å². The van der Waals surface area contributed by atoms with Crippen LogP contribution in [0.15, 0.2) is 78.9 Å². The van der Waals surface area contributed by atoms with Gasteiger partial charge in [0.1, 0.15) is 12.4 Å². The van der Waals surface area contributed by atoms with Gasteiger partial charge < -0.3 is 4.74 Å². The molecule has 26 heavy (non-hydrogen) atoms. The van der Waals surface area contributed by atoms with E-state index in [1.54, 1.807) is 0 Å². The lowest BCUT2D eigenvalue weighted by atomic mass is 9.94. The highest BCUT2D eigenvalue weighted by Gasteiger charge is 2.26. The summed E-state index contributed by atoms with van der Waals surface area (Å²) >= 11 is 5.95. The lowest BCUT2D eigenvalue weighted by molar-refractivity contribution is 0.140. The highest BCUT2D eigenvalue weighted by atomic mass is 35.5. The second-order valence-electron chi connectivity index (χ2n) is 6.69. The molecule has 0 saturated carbocycles. The molecule has 0 bridgehead atoms. The van der Waals surface area contributed by atoms with Gasteiger partial charge in [-0.1, -0.05) is 66.2 Å². The van der Waals surface area contributed by atoms with Gasteiger partial charge in [-0.2, -0.15) is 0 Å². The summed E-state index contributed by atoms with van der Waals surface area (Å²) in [5.74, 6) is 0.902. The number of nitrogens with zero attached hydrogens (tertiary/aromatic N) is 1. The fourth-order valence-electron chi connectivity index (χ4n) is 3.37. The molecule has 1 unspecified atom stereocenters. The summed E-state index contributed by atoms with van der Waals surface area (Å²) in [6.07, 6.45) is 1.27. The van der Waals surface area contributed by atoms with Crippen LogP contribution in [0.4, 0.5) is 0 Å². The lowest BCUT2D eigenvalue weighted by Gasteiger charge is -2.39. The Hall–Kier alpha value is -2.29. The normalized spacial score (nSPS) is 15.3. The van der Waals surface area contributed by atoms with Crippen LogP contribution in [0, 0.1) is 0 Å². The minimum atomic E-state index is 0.295. The van der Waals surface area contributed by atoms with E-state index in [2.05, 4.69) is 53.4 Å². The predicted octanol–water partition coefficient (Wildman–Crippen LogP) is 5.71. The number of rotatable bonds is 6. The molecular formula is C23H22ClNO. The molecule has 132 valence electrons. The fourth-order valence-corrected chi connectivity index (χ4v) is 3.50. The summed E-state index contributed by atoms with van der Waals surface area (Å²) in [6, 6.07) is 27.3. The van der Waals surface area contributed by atoms with Gasteiger partial charge in [0.2, 0.25) is 0 Å². The topological polar surface area (TPSA) is 12.5 Å². The standard InChI is InChI=1S/C23H22ClNO/c24-21-12-10-18(11-13-21)17-26-22-9-4-8-20(16-22)23(25-14-5-15-25)19-6-2-1-3-7-19/h1-4,6-13,16,23H,5,14-15,17H2. The molecular weight excluding hydrogens is 342 g/mol. The first kappa shape index (κ1) is 17.1. The number of ether oxygens (including phenoxy) is 1. The Kier molecular flexibility index (Phi) is 5.24. The van der Waals surface area contributed by atoms with Crippen molar-refractivity contribution in [1.29, 1.82) is 0 Å². The van der Waals surface area contributed by atoms with Crippen LogP contribution in [-0.2, 0) is 6.61 Å². The van der Waals surface area contributed by atoms with Gasteiger partial charge in [0.05, 0.1) is 6.04 Å². The van der Waals surface area contributed by atoms with Crippen LogP contribution in [0.3, 0.4) is 0 Å². The SMILES string of the molecule is Clc1ccc(COc2cccc(C(c3ccccc3)N3CCC3)c2)cc1. The van der Waals surface area contributed by atoms with Crippen LogP contribution in [0.2, 0.25) is 5.02 Å². The highest BCUT2D eigenvalue weighted by Crippen LogP contribution is 2.33. The molecule has 1 aliphatic heterocycles. The molecule has 3 aromatic carbocycles. The average molecular weight is 364 g/mol. The van der Waals surface area contributed by atoms with Gasteiger partial charge in [0, 0.05) is 18.1 Å². The van der Waals surface area contributed by atoms with Crippen molar-refractivity contribution >= 4 is 11.6 Å². The van der Waals surface area contributed by atoms with E-state index in [0.717, 1.165) is 29.4 Å². The zero-order valence-electron chi connectivity index (χ0n) is 14.6. The maximum atomic E-state index is 6.03. The van der Waals surface area contributed by atoms with Gasteiger partial charge in [-0.3, -0.25) is 4.90 Å². The third-order valence-corrected chi connectivity index (χ3v) is 5.12. The Morgan fingerprint density at radius 3 is 2.27 bits per heavy atom. The maximum Gasteiger partial charge on any atom is 0.120 e. The molecule has 1 fully saturated rings. The van der Waals surface area contributed by atoms with Gasteiger partial charge >= 0.3 is 0 Å². The van der Waals surface area contributed by atoms with Crippen molar-refractivity contribution in [2.24, 2.45) is 0 Å². The van der Waals surface area contributed by atoms with E-state index in [1.807, 2.05) is 30.3 Å². The van der Waals surface area contributed by atoms with Crippen molar-refractivity contribution in [2.45, 2.75) is 19.1 Å². The largest absolute Gasteiger partial charge is 0.489 e. The predicted molar refractivity (Wildman–Crippen MR) is 107 cm³/mol. The molecule has 1 atom stereocenters. The average Bonchev–Trinajstić information content (AvgIpc) is 2.65. The molecule has 1 saturated heterocycles. The van der Waals surface area contributed by atoms with E-state index < -0.39 is 0 Å². The van der Waals surface area contributed by atoms with Crippen molar-refractivity contribution in [3.8, 4) is 5.75 Å². The van der Waals surface area contributed by atoms with Gasteiger partial charge in [-0.25, -0.2) is 0 Å². The van der Waals surface area contributed by atoms with Crippen LogP contribution in [0.5, 0.6) is 5.75 Å². The van der Waals surface area contributed by atoms with Crippen molar-refractivity contribution in [1.82, 2.24) is 4.90 Å².